The molecule has 0 aromatic heterocycles. The number of rotatable bonds is 7. The van der Waals surface area contributed by atoms with Gasteiger partial charge in [-0.3, -0.25) is 5.32 Å². The molecule has 0 saturated carbocycles. The van der Waals surface area contributed by atoms with Crippen molar-refractivity contribution >= 4 is 0 Å². The van der Waals surface area contributed by atoms with Crippen LogP contribution in [-0.2, 0) is 4.74 Å². The fourth-order valence-electron chi connectivity index (χ4n) is 1.70. The molecule has 0 amide bonds. The molecule has 0 bridgehead atoms. The van der Waals surface area contributed by atoms with Crippen LogP contribution in [0.2, 0.25) is 0 Å². The molecule has 4 nitrogen and oxygen atoms in total. The summed E-state index contributed by atoms with van der Waals surface area (Å²) in [6.45, 7) is 5.97. The molecule has 0 heterocycles. The molecule has 18 heavy (non-hydrogen) atoms. The van der Waals surface area contributed by atoms with Crippen LogP contribution in [0.3, 0.4) is 0 Å². The number of aromatic hydroxyl groups is 1. The molecule has 0 aliphatic heterocycles. The van der Waals surface area contributed by atoms with Crippen molar-refractivity contribution in [2.45, 2.75) is 26.3 Å². The Morgan fingerprint density at radius 3 is 2.94 bits per heavy atom. The van der Waals surface area contributed by atoms with Gasteiger partial charge in [-0.15, -0.1) is 0 Å². The molecule has 0 aliphatic carbocycles. The zero-order valence-corrected chi connectivity index (χ0v) is 10.9. The predicted octanol–water partition coefficient (Wildman–Crippen LogP) is 2.28. The number of ether oxygens (including phenoxy) is 1. The van der Waals surface area contributed by atoms with Gasteiger partial charge in [0.15, 0.2) is 0 Å². The standard InChI is InChI=1S/C14H20N2O2/c1-3-18-8-4-7-16-13(10-15)12-9-11(2)5-6-14(12)17/h5-6,9,13,16-17H,3-4,7-8H2,1-2H3. The van der Waals surface area contributed by atoms with Crippen LogP contribution in [0.15, 0.2) is 18.2 Å². The number of hydrogen-bond donors (Lipinski definition) is 2. The minimum Gasteiger partial charge on any atom is -0.508 e. The molecule has 4 heteroatoms. The Kier molecular flexibility index (Phi) is 6.20. The number of nitrogens with zero attached hydrogens (tertiary/aromatic N) is 1. The maximum atomic E-state index is 9.76. The summed E-state index contributed by atoms with van der Waals surface area (Å²) in [5.41, 5.74) is 1.66. The van der Waals surface area contributed by atoms with Gasteiger partial charge < -0.3 is 9.84 Å². The average Bonchev–Trinajstić information content (AvgIpc) is 2.37. The van der Waals surface area contributed by atoms with Crippen LogP contribution in [0.5, 0.6) is 5.75 Å². The van der Waals surface area contributed by atoms with Gasteiger partial charge in [0.25, 0.3) is 0 Å². The van der Waals surface area contributed by atoms with Crippen molar-refractivity contribution in [1.29, 1.82) is 5.26 Å². The van der Waals surface area contributed by atoms with E-state index in [1.54, 1.807) is 6.07 Å². The van der Waals surface area contributed by atoms with Gasteiger partial charge in [-0.1, -0.05) is 11.6 Å². The average molecular weight is 248 g/mol. The maximum absolute atomic E-state index is 9.76. The van der Waals surface area contributed by atoms with Crippen molar-refractivity contribution < 1.29 is 9.84 Å². The summed E-state index contributed by atoms with van der Waals surface area (Å²) < 4.78 is 5.23. The highest BCUT2D eigenvalue weighted by Crippen LogP contribution is 2.24. The topological polar surface area (TPSA) is 65.3 Å². The monoisotopic (exact) mass is 248 g/mol. The Labute approximate surface area is 108 Å². The summed E-state index contributed by atoms with van der Waals surface area (Å²) in [7, 11) is 0. The molecule has 1 aromatic rings. The first kappa shape index (κ1) is 14.5. The fourth-order valence-corrected chi connectivity index (χ4v) is 1.70. The number of phenols is 1. The highest BCUT2D eigenvalue weighted by Gasteiger charge is 2.13. The Morgan fingerprint density at radius 2 is 2.28 bits per heavy atom. The first-order chi connectivity index (χ1) is 8.69. The van der Waals surface area contributed by atoms with Gasteiger partial charge in [-0.2, -0.15) is 5.26 Å². The Balaban J connectivity index is 2.55. The van der Waals surface area contributed by atoms with Crippen LogP contribution in [0, 0.1) is 18.3 Å². The lowest BCUT2D eigenvalue weighted by Gasteiger charge is -2.14. The summed E-state index contributed by atoms with van der Waals surface area (Å²) in [5.74, 6) is 0.157. The Bertz CT molecular complexity index is 413. The van der Waals surface area contributed by atoms with Crippen molar-refractivity contribution in [3.63, 3.8) is 0 Å². The third-order valence-corrected chi connectivity index (χ3v) is 2.64. The molecule has 0 aliphatic rings. The van der Waals surface area contributed by atoms with Crippen LogP contribution in [-0.4, -0.2) is 24.9 Å². The Hall–Kier alpha value is -1.57. The van der Waals surface area contributed by atoms with Gasteiger partial charge in [-0.05, 0) is 38.9 Å². The first-order valence-electron chi connectivity index (χ1n) is 6.19. The molecule has 1 rings (SSSR count). The number of nitrogens with one attached hydrogen (secondary N) is 1. The number of hydrogen-bond acceptors (Lipinski definition) is 4. The van der Waals surface area contributed by atoms with Crippen molar-refractivity contribution in [1.82, 2.24) is 5.32 Å². The molecule has 1 unspecified atom stereocenters. The molecule has 2 N–H and O–H groups in total. The molecule has 0 spiro atoms. The predicted molar refractivity (Wildman–Crippen MR) is 70.3 cm³/mol. The third kappa shape index (κ3) is 4.36. The van der Waals surface area contributed by atoms with Crippen molar-refractivity contribution in [2.75, 3.05) is 19.8 Å². The van der Waals surface area contributed by atoms with Gasteiger partial charge in [-0.25, -0.2) is 0 Å². The second kappa shape index (κ2) is 7.70. The maximum Gasteiger partial charge on any atom is 0.124 e. The summed E-state index contributed by atoms with van der Waals surface area (Å²) in [5, 5.41) is 22.0. The molecule has 0 radical (unpaired) electrons. The number of phenolic OH excluding ortho intramolecular Hbond substituents is 1. The number of benzene rings is 1. The van der Waals surface area contributed by atoms with Crippen LogP contribution < -0.4 is 5.32 Å². The normalized spacial score (nSPS) is 12.1. The van der Waals surface area contributed by atoms with Gasteiger partial charge in [0.2, 0.25) is 0 Å². The number of aryl methyl sites for hydroxylation is 1. The summed E-state index contributed by atoms with van der Waals surface area (Å²) in [6, 6.07) is 6.96. The fraction of sp³-hybridized carbons (Fsp3) is 0.500. The lowest BCUT2D eigenvalue weighted by Crippen LogP contribution is -2.22. The summed E-state index contributed by atoms with van der Waals surface area (Å²) >= 11 is 0. The molecule has 0 fully saturated rings. The van der Waals surface area contributed by atoms with Crippen molar-refractivity contribution in [3.05, 3.63) is 29.3 Å². The van der Waals surface area contributed by atoms with E-state index < -0.39 is 6.04 Å². The highest BCUT2D eigenvalue weighted by molar-refractivity contribution is 5.40. The lowest BCUT2D eigenvalue weighted by atomic mass is 10.0. The third-order valence-electron chi connectivity index (χ3n) is 2.64. The van der Waals surface area contributed by atoms with E-state index in [-0.39, 0.29) is 5.75 Å². The zero-order chi connectivity index (χ0) is 13.4. The van der Waals surface area contributed by atoms with Gasteiger partial charge in [0.05, 0.1) is 6.07 Å². The van der Waals surface area contributed by atoms with Crippen LogP contribution in [0.25, 0.3) is 0 Å². The van der Waals surface area contributed by atoms with Crippen LogP contribution in [0.4, 0.5) is 0 Å². The van der Waals surface area contributed by atoms with E-state index in [0.29, 0.717) is 25.3 Å². The Morgan fingerprint density at radius 1 is 1.50 bits per heavy atom. The molecule has 1 aromatic carbocycles. The van der Waals surface area contributed by atoms with Gasteiger partial charge >= 0.3 is 0 Å². The van der Waals surface area contributed by atoms with Gasteiger partial charge in [0, 0.05) is 18.8 Å². The largest absolute Gasteiger partial charge is 0.508 e. The van der Waals surface area contributed by atoms with E-state index in [4.69, 9.17) is 10.00 Å². The van der Waals surface area contributed by atoms with E-state index >= 15 is 0 Å². The second-order valence-electron chi connectivity index (χ2n) is 4.13. The molecular weight excluding hydrogens is 228 g/mol. The highest BCUT2D eigenvalue weighted by atomic mass is 16.5. The van der Waals surface area contributed by atoms with E-state index in [1.807, 2.05) is 26.0 Å². The molecule has 1 atom stereocenters. The van der Waals surface area contributed by atoms with E-state index in [2.05, 4.69) is 11.4 Å². The minimum absolute atomic E-state index is 0.157. The smallest absolute Gasteiger partial charge is 0.124 e. The van der Waals surface area contributed by atoms with Crippen LogP contribution >= 0.6 is 0 Å². The summed E-state index contributed by atoms with van der Waals surface area (Å²) in [6.07, 6.45) is 0.846. The van der Waals surface area contributed by atoms with E-state index in [0.717, 1.165) is 12.0 Å². The van der Waals surface area contributed by atoms with Crippen molar-refractivity contribution in [2.24, 2.45) is 0 Å². The van der Waals surface area contributed by atoms with E-state index in [1.165, 1.54) is 0 Å². The van der Waals surface area contributed by atoms with Crippen LogP contribution in [0.1, 0.15) is 30.5 Å². The molecule has 98 valence electrons. The quantitative estimate of drug-likeness (QED) is 0.727. The van der Waals surface area contributed by atoms with Crippen molar-refractivity contribution in [3.8, 4) is 11.8 Å². The number of nitriles is 1. The van der Waals surface area contributed by atoms with E-state index in [9.17, 15) is 5.11 Å². The molecular formula is C14H20N2O2. The first-order valence-corrected chi connectivity index (χ1v) is 6.19. The molecule has 0 saturated heterocycles. The summed E-state index contributed by atoms with van der Waals surface area (Å²) in [4.78, 5) is 0. The minimum atomic E-state index is -0.480. The SMILES string of the molecule is CCOCCCNC(C#N)c1cc(C)ccc1O. The van der Waals surface area contributed by atoms with Gasteiger partial charge in [0.1, 0.15) is 11.8 Å². The second-order valence-corrected chi connectivity index (χ2v) is 4.13. The zero-order valence-electron chi connectivity index (χ0n) is 10.9. The lowest BCUT2D eigenvalue weighted by molar-refractivity contribution is 0.144.